The van der Waals surface area contributed by atoms with Crippen LogP contribution >= 0.6 is 0 Å². The van der Waals surface area contributed by atoms with Gasteiger partial charge in [0.15, 0.2) is 6.10 Å². The highest BCUT2D eigenvalue weighted by Crippen LogP contribution is 2.19. The number of rotatable bonds is 5. The lowest BCUT2D eigenvalue weighted by atomic mass is 10.2. The third-order valence-corrected chi connectivity index (χ3v) is 3.07. The molecule has 0 spiro atoms. The smallest absolute Gasteiger partial charge is 0.265 e. The van der Waals surface area contributed by atoms with Gasteiger partial charge in [-0.05, 0) is 37.1 Å². The van der Waals surface area contributed by atoms with Crippen molar-refractivity contribution >= 4 is 11.6 Å². The van der Waals surface area contributed by atoms with Crippen LogP contribution in [0.3, 0.4) is 0 Å². The summed E-state index contributed by atoms with van der Waals surface area (Å²) >= 11 is 0. The van der Waals surface area contributed by atoms with E-state index in [1.54, 1.807) is 0 Å². The topological polar surface area (TPSA) is 38.3 Å². The molecule has 2 rings (SSSR count). The number of nitrogens with one attached hydrogen (secondary N) is 1. The highest BCUT2D eigenvalue weighted by atomic mass is 16.5. The molecule has 2 aromatic carbocycles. The molecule has 0 saturated carbocycles. The number of amides is 1. The monoisotopic (exact) mass is 269 g/mol. The van der Waals surface area contributed by atoms with Gasteiger partial charge < -0.3 is 10.1 Å². The molecule has 0 saturated heterocycles. The number of ether oxygens (including phenoxy) is 1. The summed E-state index contributed by atoms with van der Waals surface area (Å²) in [5, 5.41) is 2.87. The molecule has 0 heterocycles. The van der Waals surface area contributed by atoms with Gasteiger partial charge in [0.25, 0.3) is 5.91 Å². The molecule has 0 aromatic heterocycles. The molecule has 1 atom stereocenters. The third-order valence-electron chi connectivity index (χ3n) is 3.07. The first-order valence-corrected chi connectivity index (χ1v) is 6.79. The van der Waals surface area contributed by atoms with Crippen molar-refractivity contribution in [1.29, 1.82) is 0 Å². The van der Waals surface area contributed by atoms with Crippen LogP contribution in [0.2, 0.25) is 0 Å². The van der Waals surface area contributed by atoms with E-state index in [9.17, 15) is 4.79 Å². The molecule has 1 unspecified atom stereocenters. The van der Waals surface area contributed by atoms with Crippen LogP contribution in [0, 0.1) is 6.92 Å². The summed E-state index contributed by atoms with van der Waals surface area (Å²) in [6.45, 7) is 3.91. The molecular formula is C17H19NO2. The second-order valence-electron chi connectivity index (χ2n) is 4.64. The fourth-order valence-electron chi connectivity index (χ4n) is 1.91. The maximum Gasteiger partial charge on any atom is 0.265 e. The van der Waals surface area contributed by atoms with Gasteiger partial charge in [-0.1, -0.05) is 43.3 Å². The maximum absolute atomic E-state index is 12.2. The second kappa shape index (κ2) is 6.75. The first kappa shape index (κ1) is 14.1. The summed E-state index contributed by atoms with van der Waals surface area (Å²) in [6, 6.07) is 17.1. The predicted octanol–water partition coefficient (Wildman–Crippen LogP) is 3.79. The van der Waals surface area contributed by atoms with E-state index in [1.807, 2.05) is 68.4 Å². The first-order chi connectivity index (χ1) is 9.70. The van der Waals surface area contributed by atoms with Gasteiger partial charge in [0.05, 0.1) is 0 Å². The molecule has 3 heteroatoms. The van der Waals surface area contributed by atoms with E-state index < -0.39 is 6.10 Å². The molecule has 0 aliphatic carbocycles. The minimum atomic E-state index is -0.490. The van der Waals surface area contributed by atoms with Crippen molar-refractivity contribution < 1.29 is 9.53 Å². The van der Waals surface area contributed by atoms with Crippen LogP contribution in [0.4, 0.5) is 5.69 Å². The molecule has 104 valence electrons. The van der Waals surface area contributed by atoms with Crippen LogP contribution in [-0.4, -0.2) is 12.0 Å². The average molecular weight is 269 g/mol. The predicted molar refractivity (Wildman–Crippen MR) is 81.0 cm³/mol. The fraction of sp³-hybridized carbons (Fsp3) is 0.235. The third kappa shape index (κ3) is 3.60. The van der Waals surface area contributed by atoms with Gasteiger partial charge >= 0.3 is 0 Å². The Kier molecular flexibility index (Phi) is 4.77. The molecule has 1 N–H and O–H groups in total. The van der Waals surface area contributed by atoms with Crippen molar-refractivity contribution in [3.63, 3.8) is 0 Å². The van der Waals surface area contributed by atoms with Gasteiger partial charge in [0.1, 0.15) is 5.75 Å². The number of carbonyl (C=O) groups excluding carboxylic acids is 1. The van der Waals surface area contributed by atoms with E-state index in [1.165, 1.54) is 0 Å². The van der Waals surface area contributed by atoms with Gasteiger partial charge in [-0.15, -0.1) is 0 Å². The van der Waals surface area contributed by atoms with E-state index in [4.69, 9.17) is 4.74 Å². The Morgan fingerprint density at radius 1 is 1.10 bits per heavy atom. The highest BCUT2D eigenvalue weighted by molar-refractivity contribution is 5.94. The van der Waals surface area contributed by atoms with Crippen LogP contribution in [0.5, 0.6) is 5.75 Å². The van der Waals surface area contributed by atoms with E-state index in [0.29, 0.717) is 6.42 Å². The Labute approximate surface area is 119 Å². The number of aryl methyl sites for hydroxylation is 1. The van der Waals surface area contributed by atoms with Crippen LogP contribution in [0.1, 0.15) is 18.9 Å². The lowest BCUT2D eigenvalue weighted by molar-refractivity contribution is -0.122. The summed E-state index contributed by atoms with van der Waals surface area (Å²) in [5.74, 6) is 0.629. The Morgan fingerprint density at radius 2 is 1.75 bits per heavy atom. The van der Waals surface area contributed by atoms with Gasteiger partial charge in [0, 0.05) is 5.69 Å². The minimum Gasteiger partial charge on any atom is -0.480 e. The van der Waals surface area contributed by atoms with E-state index >= 15 is 0 Å². The number of carbonyl (C=O) groups is 1. The summed E-state index contributed by atoms with van der Waals surface area (Å²) < 4.78 is 5.82. The first-order valence-electron chi connectivity index (χ1n) is 6.79. The summed E-state index contributed by atoms with van der Waals surface area (Å²) in [5.41, 5.74) is 1.81. The molecule has 1 amide bonds. The van der Waals surface area contributed by atoms with Gasteiger partial charge in [-0.25, -0.2) is 0 Å². The number of benzene rings is 2. The average Bonchev–Trinajstić information content (AvgIpc) is 2.47. The van der Waals surface area contributed by atoms with Gasteiger partial charge in [-0.2, -0.15) is 0 Å². The molecule has 0 aliphatic rings. The van der Waals surface area contributed by atoms with Crippen LogP contribution < -0.4 is 10.1 Å². The number of para-hydroxylation sites is 2. The lowest BCUT2D eigenvalue weighted by Gasteiger charge is -2.18. The normalized spacial score (nSPS) is 11.7. The summed E-state index contributed by atoms with van der Waals surface area (Å²) in [6.07, 6.45) is 0.129. The number of hydrogen-bond acceptors (Lipinski definition) is 2. The van der Waals surface area contributed by atoms with Gasteiger partial charge in [0.2, 0.25) is 0 Å². The Hall–Kier alpha value is -2.29. The van der Waals surface area contributed by atoms with E-state index in [0.717, 1.165) is 17.0 Å². The van der Waals surface area contributed by atoms with Crippen molar-refractivity contribution in [3.8, 4) is 5.75 Å². The molecule has 0 bridgehead atoms. The molecular weight excluding hydrogens is 250 g/mol. The highest BCUT2D eigenvalue weighted by Gasteiger charge is 2.19. The molecule has 3 nitrogen and oxygen atoms in total. The Balaban J connectivity index is 2.05. The van der Waals surface area contributed by atoms with E-state index in [-0.39, 0.29) is 5.91 Å². The largest absolute Gasteiger partial charge is 0.480 e. The van der Waals surface area contributed by atoms with Crippen molar-refractivity contribution in [2.24, 2.45) is 0 Å². The molecule has 0 fully saturated rings. The molecule has 2 aromatic rings. The molecule has 20 heavy (non-hydrogen) atoms. The second-order valence-corrected chi connectivity index (χ2v) is 4.64. The maximum atomic E-state index is 12.2. The van der Waals surface area contributed by atoms with Crippen molar-refractivity contribution in [2.75, 3.05) is 5.32 Å². The van der Waals surface area contributed by atoms with Crippen molar-refractivity contribution in [1.82, 2.24) is 0 Å². The molecule has 0 aliphatic heterocycles. The summed E-state index contributed by atoms with van der Waals surface area (Å²) in [4.78, 5) is 12.2. The van der Waals surface area contributed by atoms with Crippen LogP contribution in [0.25, 0.3) is 0 Å². The van der Waals surface area contributed by atoms with Crippen molar-refractivity contribution in [3.05, 3.63) is 60.2 Å². The Bertz CT molecular complexity index is 566. The minimum absolute atomic E-state index is 0.123. The SMILES string of the molecule is CCC(Oc1ccccc1C)C(=O)Nc1ccccc1. The molecule has 0 radical (unpaired) electrons. The number of hydrogen-bond donors (Lipinski definition) is 1. The zero-order chi connectivity index (χ0) is 14.4. The standard InChI is InChI=1S/C17H19NO2/c1-3-15(20-16-12-8-7-9-13(16)2)17(19)18-14-10-5-4-6-11-14/h4-12,15H,3H2,1-2H3,(H,18,19). The lowest BCUT2D eigenvalue weighted by Crippen LogP contribution is -2.32. The fourth-order valence-corrected chi connectivity index (χ4v) is 1.91. The number of anilines is 1. The van der Waals surface area contributed by atoms with Crippen molar-refractivity contribution in [2.45, 2.75) is 26.4 Å². The van der Waals surface area contributed by atoms with Crippen LogP contribution in [0.15, 0.2) is 54.6 Å². The quantitative estimate of drug-likeness (QED) is 0.896. The van der Waals surface area contributed by atoms with Gasteiger partial charge in [-0.3, -0.25) is 4.79 Å². The summed E-state index contributed by atoms with van der Waals surface area (Å²) in [7, 11) is 0. The van der Waals surface area contributed by atoms with Crippen LogP contribution in [-0.2, 0) is 4.79 Å². The zero-order valence-electron chi connectivity index (χ0n) is 11.8. The Morgan fingerprint density at radius 3 is 2.40 bits per heavy atom. The zero-order valence-corrected chi connectivity index (χ0v) is 11.8. The van der Waals surface area contributed by atoms with E-state index in [2.05, 4.69) is 5.32 Å².